The zero-order chi connectivity index (χ0) is 13.2. The summed E-state index contributed by atoms with van der Waals surface area (Å²) in [6.07, 6.45) is 0. The molecule has 0 radical (unpaired) electrons. The van der Waals surface area contributed by atoms with Crippen LogP contribution in [0.4, 0.5) is 0 Å². The zero-order valence-electron chi connectivity index (χ0n) is 10.6. The Morgan fingerprint density at radius 1 is 1.22 bits per heavy atom. The summed E-state index contributed by atoms with van der Waals surface area (Å²) in [7, 11) is 0. The first-order valence-corrected chi connectivity index (χ1v) is 6.99. The molecule has 0 aliphatic rings. The summed E-state index contributed by atoms with van der Waals surface area (Å²) in [6, 6.07) is 7.81. The van der Waals surface area contributed by atoms with Crippen molar-refractivity contribution in [2.24, 2.45) is 0 Å². The number of aromatic nitrogens is 4. The summed E-state index contributed by atoms with van der Waals surface area (Å²) in [5.41, 5.74) is 1.10. The number of thioether (sulfide) groups is 1. The van der Waals surface area contributed by atoms with E-state index in [1.807, 2.05) is 28.9 Å². The normalized spacial score (nSPS) is 11.8. The summed E-state index contributed by atoms with van der Waals surface area (Å²) < 4.78 is 1.84. The zero-order valence-corrected chi connectivity index (χ0v) is 12.2. The molecule has 0 aliphatic heterocycles. The summed E-state index contributed by atoms with van der Waals surface area (Å²) >= 11 is 7.48. The van der Waals surface area contributed by atoms with Crippen LogP contribution in [0.25, 0.3) is 0 Å². The predicted molar refractivity (Wildman–Crippen MR) is 73.8 cm³/mol. The van der Waals surface area contributed by atoms with Crippen molar-refractivity contribution in [3.8, 4) is 0 Å². The van der Waals surface area contributed by atoms with Crippen molar-refractivity contribution in [2.45, 2.75) is 37.2 Å². The fraction of sp³-hybridized carbons (Fsp3) is 0.417. The highest BCUT2D eigenvalue weighted by Gasteiger charge is 2.19. The molecule has 0 saturated carbocycles. The predicted octanol–water partition coefficient (Wildman–Crippen LogP) is 3.37. The van der Waals surface area contributed by atoms with Crippen LogP contribution in [0.15, 0.2) is 29.4 Å². The Balaban J connectivity index is 2.07. The second-order valence-electron chi connectivity index (χ2n) is 4.96. The molecule has 0 spiro atoms. The van der Waals surface area contributed by atoms with Gasteiger partial charge in [0.1, 0.15) is 0 Å². The standard InChI is InChI=1S/C12H15ClN4S/c1-12(2,3)17-11(14-15-16-17)18-8-9-4-6-10(13)7-5-9/h4-7H,8H2,1-3H3. The van der Waals surface area contributed by atoms with Gasteiger partial charge in [-0.05, 0) is 48.9 Å². The van der Waals surface area contributed by atoms with E-state index in [0.717, 1.165) is 15.9 Å². The molecule has 18 heavy (non-hydrogen) atoms. The third-order valence-corrected chi connectivity index (χ3v) is 3.60. The van der Waals surface area contributed by atoms with Gasteiger partial charge < -0.3 is 0 Å². The number of hydrogen-bond donors (Lipinski definition) is 0. The highest BCUT2D eigenvalue weighted by atomic mass is 35.5. The first-order chi connectivity index (χ1) is 8.47. The Morgan fingerprint density at radius 3 is 2.50 bits per heavy atom. The van der Waals surface area contributed by atoms with Gasteiger partial charge in [-0.15, -0.1) is 5.10 Å². The van der Waals surface area contributed by atoms with E-state index in [0.29, 0.717) is 0 Å². The molecule has 2 aromatic rings. The molecule has 0 bridgehead atoms. The molecule has 1 aromatic carbocycles. The minimum atomic E-state index is -0.105. The lowest BCUT2D eigenvalue weighted by Gasteiger charge is -2.19. The van der Waals surface area contributed by atoms with Crippen molar-refractivity contribution in [1.29, 1.82) is 0 Å². The van der Waals surface area contributed by atoms with Gasteiger partial charge in [0.25, 0.3) is 0 Å². The van der Waals surface area contributed by atoms with Crippen LogP contribution in [0, 0.1) is 0 Å². The largest absolute Gasteiger partial charge is 0.215 e. The van der Waals surface area contributed by atoms with E-state index in [-0.39, 0.29) is 5.54 Å². The quantitative estimate of drug-likeness (QED) is 0.810. The van der Waals surface area contributed by atoms with Crippen molar-refractivity contribution in [3.63, 3.8) is 0 Å². The lowest BCUT2D eigenvalue weighted by atomic mass is 10.1. The number of benzene rings is 1. The van der Waals surface area contributed by atoms with Gasteiger partial charge in [-0.1, -0.05) is 35.5 Å². The van der Waals surface area contributed by atoms with Gasteiger partial charge in [0.2, 0.25) is 5.16 Å². The minimum Gasteiger partial charge on any atom is -0.215 e. The van der Waals surface area contributed by atoms with Crippen molar-refractivity contribution in [2.75, 3.05) is 0 Å². The molecule has 0 fully saturated rings. The Morgan fingerprint density at radius 2 is 1.89 bits per heavy atom. The summed E-state index contributed by atoms with van der Waals surface area (Å²) in [4.78, 5) is 0. The van der Waals surface area contributed by atoms with E-state index in [2.05, 4.69) is 36.3 Å². The lowest BCUT2D eigenvalue weighted by Crippen LogP contribution is -2.24. The minimum absolute atomic E-state index is 0.105. The monoisotopic (exact) mass is 282 g/mol. The first-order valence-electron chi connectivity index (χ1n) is 5.63. The Labute approximate surface area is 116 Å². The van der Waals surface area contributed by atoms with E-state index < -0.39 is 0 Å². The Kier molecular flexibility index (Phi) is 3.92. The van der Waals surface area contributed by atoms with Crippen molar-refractivity contribution in [1.82, 2.24) is 20.2 Å². The van der Waals surface area contributed by atoms with Gasteiger partial charge in [0.05, 0.1) is 5.54 Å². The first kappa shape index (κ1) is 13.4. The molecule has 0 N–H and O–H groups in total. The summed E-state index contributed by atoms with van der Waals surface area (Å²) in [5.74, 6) is 0.827. The van der Waals surface area contributed by atoms with Gasteiger partial charge in [-0.2, -0.15) is 0 Å². The highest BCUT2D eigenvalue weighted by Crippen LogP contribution is 2.24. The molecular formula is C12H15ClN4S. The molecule has 0 unspecified atom stereocenters. The molecule has 0 saturated heterocycles. The average molecular weight is 283 g/mol. The number of nitrogens with zero attached hydrogens (tertiary/aromatic N) is 4. The van der Waals surface area contributed by atoms with Gasteiger partial charge >= 0.3 is 0 Å². The van der Waals surface area contributed by atoms with Crippen LogP contribution in [-0.4, -0.2) is 20.2 Å². The maximum atomic E-state index is 5.85. The molecule has 1 aromatic heterocycles. The molecular weight excluding hydrogens is 268 g/mol. The van der Waals surface area contributed by atoms with Crippen molar-refractivity contribution in [3.05, 3.63) is 34.9 Å². The van der Waals surface area contributed by atoms with Crippen LogP contribution in [0.2, 0.25) is 5.02 Å². The third-order valence-electron chi connectivity index (χ3n) is 2.36. The number of rotatable bonds is 3. The molecule has 0 aliphatic carbocycles. The molecule has 96 valence electrons. The maximum Gasteiger partial charge on any atom is 0.210 e. The maximum absolute atomic E-state index is 5.85. The number of hydrogen-bond acceptors (Lipinski definition) is 4. The number of halogens is 1. The fourth-order valence-electron chi connectivity index (χ4n) is 1.42. The smallest absolute Gasteiger partial charge is 0.210 e. The van der Waals surface area contributed by atoms with Crippen molar-refractivity contribution < 1.29 is 0 Å². The van der Waals surface area contributed by atoms with E-state index in [4.69, 9.17) is 11.6 Å². The fourth-order valence-corrected chi connectivity index (χ4v) is 2.56. The molecule has 6 heteroatoms. The van der Waals surface area contributed by atoms with Gasteiger partial charge in [0, 0.05) is 10.8 Å². The third kappa shape index (κ3) is 3.23. The van der Waals surface area contributed by atoms with Gasteiger partial charge in [-0.25, -0.2) is 4.68 Å². The van der Waals surface area contributed by atoms with E-state index in [1.165, 1.54) is 5.56 Å². The summed E-state index contributed by atoms with van der Waals surface area (Å²) in [6.45, 7) is 6.24. The second kappa shape index (κ2) is 5.28. The molecule has 0 atom stereocenters. The average Bonchev–Trinajstić information content (AvgIpc) is 2.76. The topological polar surface area (TPSA) is 43.6 Å². The van der Waals surface area contributed by atoms with Crippen molar-refractivity contribution >= 4 is 23.4 Å². The van der Waals surface area contributed by atoms with E-state index >= 15 is 0 Å². The van der Waals surface area contributed by atoms with Crippen LogP contribution >= 0.6 is 23.4 Å². The molecule has 2 rings (SSSR count). The molecule has 4 nitrogen and oxygen atoms in total. The van der Waals surface area contributed by atoms with E-state index in [1.54, 1.807) is 11.8 Å². The highest BCUT2D eigenvalue weighted by molar-refractivity contribution is 7.98. The van der Waals surface area contributed by atoms with Crippen LogP contribution in [0.5, 0.6) is 0 Å². The van der Waals surface area contributed by atoms with E-state index in [9.17, 15) is 0 Å². The second-order valence-corrected chi connectivity index (χ2v) is 6.34. The number of tetrazole rings is 1. The van der Waals surface area contributed by atoms with Gasteiger partial charge in [-0.3, -0.25) is 0 Å². The van der Waals surface area contributed by atoms with Crippen LogP contribution in [0.1, 0.15) is 26.3 Å². The summed E-state index contributed by atoms with van der Waals surface area (Å²) in [5, 5.41) is 13.4. The van der Waals surface area contributed by atoms with Crippen LogP contribution in [0.3, 0.4) is 0 Å². The van der Waals surface area contributed by atoms with Crippen LogP contribution in [-0.2, 0) is 11.3 Å². The Bertz CT molecular complexity index is 516. The molecule has 0 amide bonds. The Hall–Kier alpha value is -1.07. The SMILES string of the molecule is CC(C)(C)n1nnnc1SCc1ccc(Cl)cc1. The van der Waals surface area contributed by atoms with Gasteiger partial charge in [0.15, 0.2) is 0 Å². The lowest BCUT2D eigenvalue weighted by molar-refractivity contribution is 0.321. The van der Waals surface area contributed by atoms with Crippen LogP contribution < -0.4 is 0 Å². The molecule has 1 heterocycles.